The van der Waals surface area contributed by atoms with Crippen molar-refractivity contribution in [3.8, 4) is 0 Å². The number of ether oxygens (including phenoxy) is 1. The molecule has 0 bridgehead atoms. The monoisotopic (exact) mass is 255 g/mol. The Morgan fingerprint density at radius 3 is 2.58 bits per heavy atom. The Kier molecular flexibility index (Phi) is 4.69. The summed E-state index contributed by atoms with van der Waals surface area (Å²) >= 11 is 0. The summed E-state index contributed by atoms with van der Waals surface area (Å²) < 4.78 is 5.23. The van der Waals surface area contributed by atoms with Gasteiger partial charge in [0.25, 0.3) is 0 Å². The molecule has 2 rings (SSSR count). The second-order valence-electron chi connectivity index (χ2n) is 5.11. The largest absolute Gasteiger partial charge is 0.382 e. The Morgan fingerprint density at radius 2 is 1.84 bits per heavy atom. The molecule has 0 aliphatic heterocycles. The van der Waals surface area contributed by atoms with Gasteiger partial charge in [-0.15, -0.1) is 0 Å². The molecule has 0 fully saturated rings. The zero-order valence-electron chi connectivity index (χ0n) is 11.8. The van der Waals surface area contributed by atoms with E-state index in [4.69, 9.17) is 4.74 Å². The average Bonchev–Trinajstić information content (AvgIpc) is 2.43. The molecule has 0 spiro atoms. The molecule has 100 valence electrons. The molecule has 2 nitrogen and oxygen atoms in total. The van der Waals surface area contributed by atoms with E-state index in [9.17, 15) is 0 Å². The zero-order chi connectivity index (χ0) is 13.7. The maximum Gasteiger partial charge on any atom is 0.0755 e. The maximum atomic E-state index is 5.23. The lowest BCUT2D eigenvalue weighted by Crippen LogP contribution is -2.19. The standard InChI is InChI=1S/C17H21NO/c1-13(2)17(12-19-3)18-11-15-9-6-8-14-7-4-5-10-16(14)15/h4-11,13,17H,12H2,1-3H3/t17-/m1/s1. The summed E-state index contributed by atoms with van der Waals surface area (Å²) in [6.07, 6.45) is 1.98. The normalized spacial score (nSPS) is 13.5. The third-order valence-corrected chi connectivity index (χ3v) is 3.34. The summed E-state index contributed by atoms with van der Waals surface area (Å²) in [5.74, 6) is 0.478. The molecule has 0 saturated carbocycles. The molecule has 0 aliphatic carbocycles. The van der Waals surface area contributed by atoms with Crippen LogP contribution in [0.3, 0.4) is 0 Å². The molecule has 2 heteroatoms. The van der Waals surface area contributed by atoms with Gasteiger partial charge in [0.1, 0.15) is 0 Å². The summed E-state index contributed by atoms with van der Waals surface area (Å²) in [5, 5.41) is 2.49. The van der Waals surface area contributed by atoms with Gasteiger partial charge in [-0.2, -0.15) is 0 Å². The zero-order valence-corrected chi connectivity index (χ0v) is 11.8. The van der Waals surface area contributed by atoms with Crippen molar-refractivity contribution in [1.29, 1.82) is 0 Å². The topological polar surface area (TPSA) is 21.6 Å². The van der Waals surface area contributed by atoms with Gasteiger partial charge in [0.15, 0.2) is 0 Å². The van der Waals surface area contributed by atoms with Crippen LogP contribution in [0.5, 0.6) is 0 Å². The van der Waals surface area contributed by atoms with Gasteiger partial charge in [-0.25, -0.2) is 0 Å². The van der Waals surface area contributed by atoms with Crippen molar-refractivity contribution >= 4 is 17.0 Å². The summed E-state index contributed by atoms with van der Waals surface area (Å²) in [6, 6.07) is 14.9. The van der Waals surface area contributed by atoms with E-state index < -0.39 is 0 Å². The Labute approximate surface area is 115 Å². The lowest BCUT2D eigenvalue weighted by molar-refractivity contribution is 0.165. The van der Waals surface area contributed by atoms with Crippen molar-refractivity contribution in [2.24, 2.45) is 10.9 Å². The first-order valence-corrected chi connectivity index (χ1v) is 6.72. The highest BCUT2D eigenvalue weighted by Gasteiger charge is 2.10. The highest BCUT2D eigenvalue weighted by atomic mass is 16.5. The Bertz CT molecular complexity index is 555. The van der Waals surface area contributed by atoms with Crippen LogP contribution in [-0.4, -0.2) is 26.0 Å². The van der Waals surface area contributed by atoms with Crippen LogP contribution in [0.15, 0.2) is 47.5 Å². The summed E-state index contributed by atoms with van der Waals surface area (Å²) in [6.45, 7) is 5.01. The number of hydrogen-bond donors (Lipinski definition) is 0. The molecule has 0 saturated heterocycles. The van der Waals surface area contributed by atoms with E-state index in [1.54, 1.807) is 7.11 Å². The van der Waals surface area contributed by atoms with E-state index in [1.807, 2.05) is 6.21 Å². The van der Waals surface area contributed by atoms with Crippen LogP contribution < -0.4 is 0 Å². The minimum atomic E-state index is 0.212. The molecular formula is C17H21NO. The predicted octanol–water partition coefficient (Wildman–Crippen LogP) is 3.93. The number of nitrogens with zero attached hydrogens (tertiary/aromatic N) is 1. The molecule has 0 unspecified atom stereocenters. The van der Waals surface area contributed by atoms with Gasteiger partial charge in [-0.3, -0.25) is 4.99 Å². The number of hydrogen-bond acceptors (Lipinski definition) is 2. The van der Waals surface area contributed by atoms with Crippen molar-refractivity contribution in [3.05, 3.63) is 48.0 Å². The van der Waals surface area contributed by atoms with Crippen LogP contribution in [0, 0.1) is 5.92 Å². The van der Waals surface area contributed by atoms with Gasteiger partial charge >= 0.3 is 0 Å². The SMILES string of the molecule is COC[C@@H](N=Cc1cccc2ccccc12)C(C)C. The molecule has 2 aromatic carbocycles. The molecule has 1 atom stereocenters. The van der Waals surface area contributed by atoms with E-state index in [2.05, 4.69) is 61.3 Å². The van der Waals surface area contributed by atoms with Gasteiger partial charge in [-0.1, -0.05) is 56.3 Å². The summed E-state index contributed by atoms with van der Waals surface area (Å²) in [7, 11) is 1.73. The quantitative estimate of drug-likeness (QED) is 0.742. The number of rotatable bonds is 5. The first-order chi connectivity index (χ1) is 9.22. The van der Waals surface area contributed by atoms with Crippen molar-refractivity contribution in [2.45, 2.75) is 19.9 Å². The van der Waals surface area contributed by atoms with Crippen LogP contribution >= 0.6 is 0 Å². The predicted molar refractivity (Wildman–Crippen MR) is 82.0 cm³/mol. The smallest absolute Gasteiger partial charge is 0.0755 e. The minimum Gasteiger partial charge on any atom is -0.382 e. The summed E-state index contributed by atoms with van der Waals surface area (Å²) in [4.78, 5) is 4.68. The minimum absolute atomic E-state index is 0.212. The van der Waals surface area contributed by atoms with E-state index in [0.29, 0.717) is 12.5 Å². The van der Waals surface area contributed by atoms with Gasteiger partial charge in [0.2, 0.25) is 0 Å². The molecule has 0 aliphatic rings. The fourth-order valence-electron chi connectivity index (χ4n) is 2.12. The molecular weight excluding hydrogens is 234 g/mol. The number of methoxy groups -OCH3 is 1. The van der Waals surface area contributed by atoms with Crippen LogP contribution in [0.2, 0.25) is 0 Å². The van der Waals surface area contributed by atoms with E-state index in [1.165, 1.54) is 16.3 Å². The second kappa shape index (κ2) is 6.48. The highest BCUT2D eigenvalue weighted by molar-refractivity contribution is 5.99. The molecule has 0 N–H and O–H groups in total. The molecule has 0 radical (unpaired) electrons. The van der Waals surface area contributed by atoms with Crippen LogP contribution in [0.1, 0.15) is 19.4 Å². The van der Waals surface area contributed by atoms with Gasteiger partial charge in [-0.05, 0) is 16.7 Å². The maximum absolute atomic E-state index is 5.23. The highest BCUT2D eigenvalue weighted by Crippen LogP contribution is 2.17. The lowest BCUT2D eigenvalue weighted by atomic mass is 10.0. The third kappa shape index (κ3) is 3.42. The third-order valence-electron chi connectivity index (χ3n) is 3.34. The number of aliphatic imine (C=N–C) groups is 1. The molecule has 0 aromatic heterocycles. The lowest BCUT2D eigenvalue weighted by Gasteiger charge is -2.15. The molecule has 0 amide bonds. The van der Waals surface area contributed by atoms with Crippen molar-refractivity contribution in [3.63, 3.8) is 0 Å². The Morgan fingerprint density at radius 1 is 1.11 bits per heavy atom. The Hall–Kier alpha value is -1.67. The first kappa shape index (κ1) is 13.8. The van der Waals surface area contributed by atoms with Crippen LogP contribution in [0.4, 0.5) is 0 Å². The molecule has 19 heavy (non-hydrogen) atoms. The van der Waals surface area contributed by atoms with Crippen molar-refractivity contribution in [2.75, 3.05) is 13.7 Å². The Balaban J connectivity index is 2.29. The van der Waals surface area contributed by atoms with Gasteiger partial charge in [0.05, 0.1) is 12.6 Å². The molecule has 2 aromatic rings. The van der Waals surface area contributed by atoms with Crippen molar-refractivity contribution < 1.29 is 4.74 Å². The average molecular weight is 255 g/mol. The van der Waals surface area contributed by atoms with Gasteiger partial charge < -0.3 is 4.74 Å². The summed E-state index contributed by atoms with van der Waals surface area (Å²) in [5.41, 5.74) is 1.17. The number of benzene rings is 2. The van der Waals surface area contributed by atoms with Gasteiger partial charge in [0, 0.05) is 18.9 Å². The first-order valence-electron chi connectivity index (χ1n) is 6.72. The fraction of sp³-hybridized carbons (Fsp3) is 0.353. The number of fused-ring (bicyclic) bond motifs is 1. The van der Waals surface area contributed by atoms with E-state index >= 15 is 0 Å². The second-order valence-corrected chi connectivity index (χ2v) is 5.11. The van der Waals surface area contributed by atoms with E-state index in [0.717, 1.165) is 0 Å². The van der Waals surface area contributed by atoms with Crippen LogP contribution in [0.25, 0.3) is 10.8 Å². The van der Waals surface area contributed by atoms with E-state index in [-0.39, 0.29) is 6.04 Å². The fourth-order valence-corrected chi connectivity index (χ4v) is 2.12. The van der Waals surface area contributed by atoms with Crippen LogP contribution in [-0.2, 0) is 4.74 Å². The molecule has 0 heterocycles. The van der Waals surface area contributed by atoms with Crippen molar-refractivity contribution in [1.82, 2.24) is 0 Å².